The fourth-order valence-corrected chi connectivity index (χ4v) is 7.28. The highest BCUT2D eigenvalue weighted by Gasteiger charge is 2.39. The summed E-state index contributed by atoms with van der Waals surface area (Å²) in [5, 5.41) is 8.84. The molecule has 0 unspecified atom stereocenters. The first kappa shape index (κ1) is 30.6. The van der Waals surface area contributed by atoms with Crippen LogP contribution in [0.3, 0.4) is 0 Å². The molecule has 2 N–H and O–H groups in total. The molecule has 0 saturated carbocycles. The van der Waals surface area contributed by atoms with Crippen LogP contribution in [0.25, 0.3) is 20.9 Å². The van der Waals surface area contributed by atoms with Gasteiger partial charge in [-0.3, -0.25) is 15.1 Å². The minimum atomic E-state index is -0.660. The van der Waals surface area contributed by atoms with Crippen molar-refractivity contribution in [3.8, 4) is 20.9 Å². The third-order valence-electron chi connectivity index (χ3n) is 7.62. The largest absolute Gasteiger partial charge is 0.444 e. The van der Waals surface area contributed by atoms with Crippen molar-refractivity contribution in [1.29, 1.82) is 0 Å². The number of aromatic nitrogens is 2. The average Bonchev–Trinajstić information content (AvgIpc) is 3.76. The smallest absolute Gasteiger partial charge is 0.412 e. The Balaban J connectivity index is 1.26. The molecule has 6 rings (SSSR count). The number of thiophene rings is 1. The Kier molecular flexibility index (Phi) is 8.80. The maximum absolute atomic E-state index is 13.6. The van der Waals surface area contributed by atoms with Crippen molar-refractivity contribution in [2.24, 2.45) is 0 Å². The molecule has 3 aromatic heterocycles. The Morgan fingerprint density at radius 1 is 0.889 bits per heavy atom. The van der Waals surface area contributed by atoms with E-state index in [1.807, 2.05) is 78.4 Å². The lowest BCUT2D eigenvalue weighted by molar-refractivity contribution is 0.0628. The van der Waals surface area contributed by atoms with Gasteiger partial charge >= 0.3 is 6.09 Å². The quantitative estimate of drug-likeness (QED) is 0.185. The number of hydrogen-bond donors (Lipinski definition) is 2. The minimum Gasteiger partial charge on any atom is -0.444 e. The Bertz CT molecular complexity index is 1770. The summed E-state index contributed by atoms with van der Waals surface area (Å²) in [6, 6.07) is 21.3. The van der Waals surface area contributed by atoms with Crippen LogP contribution in [0.2, 0.25) is 0 Å². The van der Waals surface area contributed by atoms with Gasteiger partial charge in [-0.2, -0.15) is 0 Å². The highest BCUT2D eigenvalue weighted by molar-refractivity contribution is 7.15. The van der Waals surface area contributed by atoms with Crippen molar-refractivity contribution in [1.82, 2.24) is 9.97 Å². The average molecular weight is 639 g/mol. The van der Waals surface area contributed by atoms with Gasteiger partial charge in [0.2, 0.25) is 0 Å². The van der Waals surface area contributed by atoms with Gasteiger partial charge in [0, 0.05) is 47.8 Å². The number of ether oxygens (including phenoxy) is 2. The number of benzene rings is 2. The molecule has 1 saturated heterocycles. The molecular formula is C35H34N4O4S2. The molecule has 5 aromatic rings. The van der Waals surface area contributed by atoms with Gasteiger partial charge in [-0.15, -0.1) is 22.7 Å². The van der Waals surface area contributed by atoms with E-state index in [-0.39, 0.29) is 11.3 Å². The Hall–Kier alpha value is -4.38. The summed E-state index contributed by atoms with van der Waals surface area (Å²) in [6.45, 7) is 6.68. The van der Waals surface area contributed by atoms with E-state index in [0.717, 1.165) is 44.3 Å². The molecule has 2 aromatic carbocycles. The zero-order valence-corrected chi connectivity index (χ0v) is 27.0. The Labute approximate surface area is 270 Å². The van der Waals surface area contributed by atoms with Crippen LogP contribution in [0.1, 0.15) is 54.5 Å². The van der Waals surface area contributed by atoms with Crippen molar-refractivity contribution in [2.45, 2.75) is 44.6 Å². The summed E-state index contributed by atoms with van der Waals surface area (Å²) in [5.41, 5.74) is 3.53. The van der Waals surface area contributed by atoms with Crippen molar-refractivity contribution in [3.63, 3.8) is 0 Å². The van der Waals surface area contributed by atoms with Crippen molar-refractivity contribution in [2.75, 3.05) is 23.8 Å². The number of nitrogens with zero attached hydrogens (tertiary/aromatic N) is 2. The van der Waals surface area contributed by atoms with Crippen LogP contribution in [0.5, 0.6) is 0 Å². The highest BCUT2D eigenvalue weighted by atomic mass is 32.1. The van der Waals surface area contributed by atoms with E-state index in [4.69, 9.17) is 14.5 Å². The van der Waals surface area contributed by atoms with E-state index in [1.165, 1.54) is 0 Å². The molecule has 0 atom stereocenters. The van der Waals surface area contributed by atoms with E-state index < -0.39 is 11.7 Å². The van der Waals surface area contributed by atoms with Crippen LogP contribution < -0.4 is 10.6 Å². The van der Waals surface area contributed by atoms with Crippen LogP contribution in [0.15, 0.2) is 90.7 Å². The van der Waals surface area contributed by atoms with Crippen LogP contribution in [0.4, 0.5) is 16.2 Å². The Morgan fingerprint density at radius 3 is 2.38 bits per heavy atom. The second-order valence-corrected chi connectivity index (χ2v) is 13.8. The summed E-state index contributed by atoms with van der Waals surface area (Å²) in [5.74, 6) is -0.286. The number of carbonyl (C=O) groups is 2. The highest BCUT2D eigenvalue weighted by Crippen LogP contribution is 2.44. The lowest BCUT2D eigenvalue weighted by Gasteiger charge is -2.36. The molecule has 8 nitrogen and oxygen atoms in total. The van der Waals surface area contributed by atoms with Gasteiger partial charge in [0.05, 0.1) is 21.7 Å². The summed E-state index contributed by atoms with van der Waals surface area (Å²) in [4.78, 5) is 37.4. The Morgan fingerprint density at radius 2 is 1.69 bits per heavy atom. The fraction of sp³-hybridized carbons (Fsp3) is 0.257. The molecule has 4 heterocycles. The number of nitrogens with one attached hydrogen (secondary N) is 2. The summed E-state index contributed by atoms with van der Waals surface area (Å²) in [7, 11) is 0. The van der Waals surface area contributed by atoms with E-state index in [2.05, 4.69) is 15.6 Å². The standard InChI is InChI=1S/C35H34N4O4S2/c1-34(2,3)43-33(41)39-27-13-10-24(29-7-5-19-44-29)20-28(27)38-31(40)23-8-11-26(12-9-23)35(14-17-42-18-15-35)32-37-22-30(45-32)25-6-4-16-36-21-25/h4-13,16,19-22H,14-15,17-18H2,1-3H3,(H,38,40)(H,39,41). The van der Waals surface area contributed by atoms with Gasteiger partial charge in [-0.1, -0.05) is 30.3 Å². The first-order valence-corrected chi connectivity index (χ1v) is 16.4. The maximum atomic E-state index is 13.6. The van der Waals surface area contributed by atoms with E-state index in [0.29, 0.717) is 30.2 Å². The summed E-state index contributed by atoms with van der Waals surface area (Å²) >= 11 is 3.28. The third-order valence-corrected chi connectivity index (χ3v) is 9.79. The first-order valence-electron chi connectivity index (χ1n) is 14.7. The predicted octanol–water partition coefficient (Wildman–Crippen LogP) is 8.63. The number of anilines is 2. The van der Waals surface area contributed by atoms with Gasteiger partial charge < -0.3 is 14.8 Å². The van der Waals surface area contributed by atoms with Crippen molar-refractivity contribution in [3.05, 3.63) is 107 Å². The predicted molar refractivity (Wildman–Crippen MR) is 180 cm³/mol. The number of hydrogen-bond acceptors (Lipinski definition) is 8. The van der Waals surface area contributed by atoms with Crippen LogP contribution in [-0.2, 0) is 14.9 Å². The van der Waals surface area contributed by atoms with Gasteiger partial charge in [-0.25, -0.2) is 9.78 Å². The number of amides is 2. The minimum absolute atomic E-state index is 0.286. The molecular weight excluding hydrogens is 605 g/mol. The third kappa shape index (κ3) is 6.98. The first-order chi connectivity index (χ1) is 21.7. The fourth-order valence-electron chi connectivity index (χ4n) is 5.38. The molecule has 230 valence electrons. The number of thiazole rings is 1. The van der Waals surface area contributed by atoms with E-state index in [1.54, 1.807) is 55.7 Å². The second-order valence-electron chi connectivity index (χ2n) is 11.9. The van der Waals surface area contributed by atoms with E-state index in [9.17, 15) is 9.59 Å². The SMILES string of the molecule is CC(C)(C)OC(=O)Nc1ccc(-c2cccs2)cc1NC(=O)c1ccc(C2(c3ncc(-c4cccnc4)s3)CCOCC2)cc1. The molecule has 2 amide bonds. The number of rotatable bonds is 7. The van der Waals surface area contributed by atoms with Crippen LogP contribution in [0, 0.1) is 0 Å². The molecule has 45 heavy (non-hydrogen) atoms. The van der Waals surface area contributed by atoms with Gasteiger partial charge in [0.15, 0.2) is 0 Å². The van der Waals surface area contributed by atoms with Crippen molar-refractivity contribution >= 4 is 46.0 Å². The molecule has 0 spiro atoms. The molecule has 0 aliphatic carbocycles. The van der Waals surface area contributed by atoms with Gasteiger partial charge in [0.25, 0.3) is 5.91 Å². The molecule has 0 radical (unpaired) electrons. The normalized spacial score (nSPS) is 14.5. The van der Waals surface area contributed by atoms with Gasteiger partial charge in [0.1, 0.15) is 10.6 Å². The van der Waals surface area contributed by atoms with Crippen LogP contribution in [-0.4, -0.2) is 40.8 Å². The van der Waals surface area contributed by atoms with Gasteiger partial charge in [-0.05, 0) is 86.5 Å². The summed E-state index contributed by atoms with van der Waals surface area (Å²) < 4.78 is 11.2. The van der Waals surface area contributed by atoms with Crippen molar-refractivity contribution < 1.29 is 19.1 Å². The molecule has 1 aliphatic rings. The molecule has 10 heteroatoms. The molecule has 0 bridgehead atoms. The zero-order valence-electron chi connectivity index (χ0n) is 25.3. The number of pyridine rings is 1. The maximum Gasteiger partial charge on any atom is 0.412 e. The molecule has 1 aliphatic heterocycles. The molecule has 1 fully saturated rings. The lowest BCUT2D eigenvalue weighted by Crippen LogP contribution is -2.35. The lowest BCUT2D eigenvalue weighted by atomic mass is 9.74. The number of carbonyl (C=O) groups excluding carboxylic acids is 2. The topological polar surface area (TPSA) is 102 Å². The van der Waals surface area contributed by atoms with E-state index >= 15 is 0 Å². The monoisotopic (exact) mass is 638 g/mol. The van der Waals surface area contributed by atoms with Crippen LogP contribution >= 0.6 is 22.7 Å². The zero-order chi connectivity index (χ0) is 31.4. The summed E-state index contributed by atoms with van der Waals surface area (Å²) in [6.07, 6.45) is 6.54. The second kappa shape index (κ2) is 12.9.